The molecule has 5 rings (SSSR count). The highest BCUT2D eigenvalue weighted by molar-refractivity contribution is 7.93. The Morgan fingerprint density at radius 3 is 2.42 bits per heavy atom. The van der Waals surface area contributed by atoms with Crippen LogP contribution < -0.4 is 0 Å². The Morgan fingerprint density at radius 2 is 1.76 bits per heavy atom. The van der Waals surface area contributed by atoms with Crippen LogP contribution in [0.25, 0.3) is 27.8 Å². The van der Waals surface area contributed by atoms with E-state index < -0.39 is 34.0 Å². The number of aliphatic hydroxyl groups excluding tert-OH is 1. The number of hydrogen-bond donors (Lipinski definition) is 1. The third kappa shape index (κ3) is 4.89. The maximum Gasteiger partial charge on any atom is 0.416 e. The molecule has 0 aliphatic heterocycles. The van der Waals surface area contributed by atoms with Gasteiger partial charge >= 0.3 is 6.18 Å². The fourth-order valence-corrected chi connectivity index (χ4v) is 5.89. The summed E-state index contributed by atoms with van der Waals surface area (Å²) >= 11 is 0. The Bertz CT molecular complexity index is 1770. The summed E-state index contributed by atoms with van der Waals surface area (Å²) in [6.07, 6.45) is -1.39. The van der Waals surface area contributed by atoms with Crippen LogP contribution in [0, 0.1) is 0 Å². The number of aliphatic hydroxyl groups is 1. The number of hydrogen-bond acceptors (Lipinski definition) is 6. The molecule has 0 aliphatic carbocycles. The fourth-order valence-electron chi connectivity index (χ4n) is 4.19. The number of alkyl halides is 3. The smallest absolute Gasteiger partial charge is 0.395 e. The highest BCUT2D eigenvalue weighted by Gasteiger charge is 2.30. The minimum Gasteiger partial charge on any atom is -0.395 e. The number of nitrogens with zero attached hydrogens (tertiary/aromatic N) is 6. The first-order chi connectivity index (χ1) is 18.1. The van der Waals surface area contributed by atoms with Gasteiger partial charge in [0.15, 0.2) is 5.65 Å². The Balaban J connectivity index is 1.59. The number of aryl methyl sites for hydroxylation is 1. The number of aromatic nitrogens is 5. The lowest BCUT2D eigenvalue weighted by Gasteiger charge is -2.10. The number of amides is 1. The predicted octanol–water partition coefficient (Wildman–Crippen LogP) is 4.13. The molecule has 0 saturated heterocycles. The standard InChI is InChI=1S/C25H21F3N6O3S/c1-33-30-22-20-14-17(24(36)32-38(37,13-12-35)15-16-8-10-29-11-9-16)2-7-21(20)34(23(22)31-33)19-5-3-18(4-6-19)25(26,27)28/h2-11,14,35H,12-13,15H2,1H3/t38-/m1/s1. The van der Waals surface area contributed by atoms with E-state index in [9.17, 15) is 27.3 Å². The number of benzene rings is 2. The normalized spacial score (nSPS) is 13.6. The van der Waals surface area contributed by atoms with Gasteiger partial charge < -0.3 is 5.11 Å². The van der Waals surface area contributed by atoms with E-state index in [4.69, 9.17) is 0 Å². The Labute approximate surface area is 214 Å². The van der Waals surface area contributed by atoms with Crippen molar-refractivity contribution in [2.45, 2.75) is 11.9 Å². The van der Waals surface area contributed by atoms with Crippen LogP contribution in [0.2, 0.25) is 0 Å². The van der Waals surface area contributed by atoms with Gasteiger partial charge in [-0.3, -0.25) is 14.3 Å². The molecular weight excluding hydrogens is 521 g/mol. The van der Waals surface area contributed by atoms with Crippen molar-refractivity contribution < 1.29 is 27.3 Å². The van der Waals surface area contributed by atoms with Gasteiger partial charge in [0, 0.05) is 36.1 Å². The molecule has 3 heterocycles. The molecular formula is C25H21F3N6O3S. The molecule has 2 aromatic carbocycles. The van der Waals surface area contributed by atoms with E-state index in [2.05, 4.69) is 19.5 Å². The van der Waals surface area contributed by atoms with E-state index in [1.165, 1.54) is 35.4 Å². The molecule has 13 heteroatoms. The molecule has 0 unspecified atom stereocenters. The summed E-state index contributed by atoms with van der Waals surface area (Å²) in [7, 11) is -1.51. The van der Waals surface area contributed by atoms with E-state index in [0.717, 1.165) is 12.1 Å². The Morgan fingerprint density at radius 1 is 1.05 bits per heavy atom. The first-order valence-corrected chi connectivity index (χ1v) is 13.2. The number of pyridine rings is 1. The van der Waals surface area contributed by atoms with Gasteiger partial charge in [-0.1, -0.05) is 0 Å². The van der Waals surface area contributed by atoms with Crippen LogP contribution in [0.1, 0.15) is 21.5 Å². The Kier molecular flexibility index (Phi) is 6.49. The van der Waals surface area contributed by atoms with Crippen LogP contribution in [0.3, 0.4) is 0 Å². The summed E-state index contributed by atoms with van der Waals surface area (Å²) in [5.74, 6) is -0.927. The summed E-state index contributed by atoms with van der Waals surface area (Å²) in [5.41, 5.74) is 1.87. The van der Waals surface area contributed by atoms with Gasteiger partial charge in [0.1, 0.15) is 5.52 Å². The van der Waals surface area contributed by atoms with Crippen LogP contribution >= 0.6 is 0 Å². The molecule has 0 bridgehead atoms. The van der Waals surface area contributed by atoms with Gasteiger partial charge in [0.05, 0.1) is 38.9 Å². The van der Waals surface area contributed by atoms with Crippen LogP contribution in [0.4, 0.5) is 13.2 Å². The zero-order valence-corrected chi connectivity index (χ0v) is 20.8. The van der Waals surface area contributed by atoms with Gasteiger partial charge in [0.25, 0.3) is 5.91 Å². The molecule has 5 aromatic rings. The molecule has 1 amide bonds. The van der Waals surface area contributed by atoms with Crippen molar-refractivity contribution in [2.24, 2.45) is 11.4 Å². The first-order valence-electron chi connectivity index (χ1n) is 11.4. The molecule has 0 radical (unpaired) electrons. The number of fused-ring (bicyclic) bond motifs is 3. The summed E-state index contributed by atoms with van der Waals surface area (Å²) < 4.78 is 58.3. The van der Waals surface area contributed by atoms with E-state index >= 15 is 0 Å². The van der Waals surface area contributed by atoms with Crippen molar-refractivity contribution >= 4 is 37.7 Å². The van der Waals surface area contributed by atoms with E-state index in [0.29, 0.717) is 33.3 Å². The lowest BCUT2D eigenvalue weighted by molar-refractivity contribution is -0.137. The molecule has 196 valence electrons. The third-order valence-electron chi connectivity index (χ3n) is 5.90. The fraction of sp³-hybridized carbons (Fsp3) is 0.200. The minimum absolute atomic E-state index is 0.0250. The second-order valence-corrected chi connectivity index (χ2v) is 11.0. The third-order valence-corrected chi connectivity index (χ3v) is 8.00. The van der Waals surface area contributed by atoms with Crippen molar-refractivity contribution in [3.63, 3.8) is 0 Å². The monoisotopic (exact) mass is 542 g/mol. The lowest BCUT2D eigenvalue weighted by Crippen LogP contribution is -2.15. The zero-order chi connectivity index (χ0) is 27.1. The van der Waals surface area contributed by atoms with Gasteiger partial charge in [-0.2, -0.15) is 27.4 Å². The van der Waals surface area contributed by atoms with Gasteiger partial charge in [-0.15, -0.1) is 5.10 Å². The topological polar surface area (TPSA) is 115 Å². The second kappa shape index (κ2) is 9.65. The number of carbonyl (C=O) groups is 1. The van der Waals surface area contributed by atoms with E-state index in [-0.39, 0.29) is 17.1 Å². The molecule has 0 aliphatic rings. The summed E-state index contributed by atoms with van der Waals surface area (Å²) in [6.45, 7) is -0.407. The quantitative estimate of drug-likeness (QED) is 0.345. The maximum absolute atomic E-state index is 13.4. The average Bonchev–Trinajstić information content (AvgIpc) is 3.38. The number of halogens is 3. The summed E-state index contributed by atoms with van der Waals surface area (Å²) in [4.78, 5) is 18.4. The first kappa shape index (κ1) is 25.5. The summed E-state index contributed by atoms with van der Waals surface area (Å²) in [6, 6.07) is 12.7. The molecule has 1 atom stereocenters. The molecule has 0 saturated carbocycles. The number of carbonyl (C=O) groups excluding carboxylic acids is 1. The van der Waals surface area contributed by atoms with Crippen molar-refractivity contribution in [1.82, 2.24) is 24.5 Å². The highest BCUT2D eigenvalue weighted by Crippen LogP contribution is 2.33. The highest BCUT2D eigenvalue weighted by atomic mass is 32.2. The van der Waals surface area contributed by atoms with Crippen LogP contribution in [0.15, 0.2) is 71.4 Å². The molecule has 1 N–H and O–H groups in total. The molecule has 0 spiro atoms. The Hall–Kier alpha value is -4.10. The molecule has 3 aromatic heterocycles. The minimum atomic E-state index is -4.47. The molecule has 9 nitrogen and oxygen atoms in total. The van der Waals surface area contributed by atoms with Crippen molar-refractivity contribution in [3.05, 3.63) is 83.7 Å². The summed E-state index contributed by atoms with van der Waals surface area (Å²) in [5, 5.41) is 18.7. The van der Waals surface area contributed by atoms with Crippen LogP contribution in [-0.4, -0.2) is 52.1 Å². The second-order valence-electron chi connectivity index (χ2n) is 8.57. The van der Waals surface area contributed by atoms with Crippen LogP contribution in [0.5, 0.6) is 0 Å². The average molecular weight is 543 g/mol. The SMILES string of the molecule is Cn1nc2c3cc(C(=O)N=[S@@](=O)(CCO)Cc4ccncc4)ccc3n(-c3ccc(C(F)(F)F)cc3)c2n1. The largest absolute Gasteiger partial charge is 0.416 e. The maximum atomic E-state index is 13.4. The number of rotatable bonds is 6. The van der Waals surface area contributed by atoms with Crippen molar-refractivity contribution in [3.8, 4) is 5.69 Å². The zero-order valence-electron chi connectivity index (χ0n) is 20.0. The lowest BCUT2D eigenvalue weighted by atomic mass is 10.1. The molecule has 38 heavy (non-hydrogen) atoms. The van der Waals surface area contributed by atoms with Crippen molar-refractivity contribution in [2.75, 3.05) is 12.4 Å². The molecule has 0 fully saturated rings. The van der Waals surface area contributed by atoms with Gasteiger partial charge in [0.2, 0.25) is 0 Å². The predicted molar refractivity (Wildman–Crippen MR) is 135 cm³/mol. The van der Waals surface area contributed by atoms with E-state index in [1.54, 1.807) is 35.9 Å². The van der Waals surface area contributed by atoms with Crippen LogP contribution in [-0.2, 0) is 28.7 Å². The van der Waals surface area contributed by atoms with E-state index in [1.807, 2.05) is 0 Å². The van der Waals surface area contributed by atoms with Gasteiger partial charge in [-0.05, 0) is 60.2 Å². The van der Waals surface area contributed by atoms with Gasteiger partial charge in [-0.25, -0.2) is 4.21 Å². The van der Waals surface area contributed by atoms with Crippen molar-refractivity contribution in [1.29, 1.82) is 0 Å².